The average Bonchev–Trinajstić information content (AvgIpc) is 2.68. The lowest BCUT2D eigenvalue weighted by molar-refractivity contribution is -0.124. The quantitative estimate of drug-likeness (QED) is 0.329. The zero-order valence-corrected chi connectivity index (χ0v) is 22.3. The Kier molecular flexibility index (Phi) is 10.0. The predicted octanol–water partition coefficient (Wildman–Crippen LogP) is 6.92. The highest BCUT2D eigenvalue weighted by molar-refractivity contribution is 8.18. The lowest BCUT2D eigenvalue weighted by atomic mass is 10.1. The molecule has 1 heterocycles. The van der Waals surface area contributed by atoms with Gasteiger partial charge in [-0.25, -0.2) is 0 Å². The van der Waals surface area contributed by atoms with Gasteiger partial charge < -0.3 is 9.16 Å². The lowest BCUT2D eigenvalue weighted by Gasteiger charge is -2.43. The largest absolute Gasteiger partial charge is 0.414 e. The standard InChI is InChI=1S/C24H40O3S2Si/c1-7-22(27-30(5,6)23(2,3)4)17-24(28-14-11-15-29-24)16-21(25)19-26-18-20-12-9-8-10-13-20/h8-10,12-13,22H,7,11,14-19H2,1-6H3/t22-/m1/s1. The highest BCUT2D eigenvalue weighted by Gasteiger charge is 2.43. The minimum atomic E-state index is -1.83. The Morgan fingerprint density at radius 1 is 1.17 bits per heavy atom. The smallest absolute Gasteiger partial charge is 0.192 e. The van der Waals surface area contributed by atoms with Crippen LogP contribution in [-0.4, -0.2) is 42.4 Å². The van der Waals surface area contributed by atoms with Crippen molar-refractivity contribution in [1.29, 1.82) is 0 Å². The Labute approximate surface area is 193 Å². The fourth-order valence-corrected chi connectivity index (χ4v) is 8.23. The van der Waals surface area contributed by atoms with E-state index in [4.69, 9.17) is 9.16 Å². The van der Waals surface area contributed by atoms with Gasteiger partial charge in [0.05, 0.1) is 10.7 Å². The zero-order chi connectivity index (χ0) is 22.3. The maximum absolute atomic E-state index is 12.8. The molecule has 1 atom stereocenters. The number of benzene rings is 1. The third-order valence-electron chi connectivity index (χ3n) is 6.12. The van der Waals surface area contributed by atoms with Gasteiger partial charge in [0.1, 0.15) is 6.61 Å². The third kappa shape index (κ3) is 8.01. The molecular weight excluding hydrogens is 428 g/mol. The van der Waals surface area contributed by atoms with Crippen LogP contribution in [-0.2, 0) is 20.6 Å². The van der Waals surface area contributed by atoms with Crippen molar-refractivity contribution in [3.8, 4) is 0 Å². The fraction of sp³-hybridized carbons (Fsp3) is 0.708. The molecule has 1 aromatic rings. The maximum Gasteiger partial charge on any atom is 0.192 e. The van der Waals surface area contributed by atoms with Crippen molar-refractivity contribution in [3.05, 3.63) is 35.9 Å². The molecule has 0 spiro atoms. The van der Waals surface area contributed by atoms with Gasteiger partial charge in [-0.15, -0.1) is 23.5 Å². The van der Waals surface area contributed by atoms with Crippen molar-refractivity contribution in [3.63, 3.8) is 0 Å². The number of carbonyl (C=O) groups excluding carboxylic acids is 1. The Morgan fingerprint density at radius 3 is 2.37 bits per heavy atom. The molecule has 1 aliphatic heterocycles. The van der Waals surface area contributed by atoms with Gasteiger partial charge in [0.2, 0.25) is 0 Å². The van der Waals surface area contributed by atoms with E-state index in [2.05, 4.69) is 40.8 Å². The van der Waals surface area contributed by atoms with Crippen LogP contribution < -0.4 is 0 Å². The first-order chi connectivity index (χ1) is 14.1. The highest BCUT2D eigenvalue weighted by Crippen LogP contribution is 2.49. The summed E-state index contributed by atoms with van der Waals surface area (Å²) in [4.78, 5) is 12.8. The number of hydrogen-bond acceptors (Lipinski definition) is 5. The number of ether oxygens (including phenoxy) is 1. The van der Waals surface area contributed by atoms with Crippen molar-refractivity contribution >= 4 is 37.6 Å². The van der Waals surface area contributed by atoms with E-state index in [1.54, 1.807) is 0 Å². The molecule has 2 rings (SSSR count). The molecule has 1 aromatic carbocycles. The summed E-state index contributed by atoms with van der Waals surface area (Å²) in [6.07, 6.45) is 3.93. The van der Waals surface area contributed by atoms with Crippen molar-refractivity contribution in [1.82, 2.24) is 0 Å². The summed E-state index contributed by atoms with van der Waals surface area (Å²) in [7, 11) is -1.83. The van der Waals surface area contributed by atoms with Gasteiger partial charge in [-0.05, 0) is 54.5 Å². The Morgan fingerprint density at radius 2 is 1.80 bits per heavy atom. The molecule has 3 nitrogen and oxygen atoms in total. The summed E-state index contributed by atoms with van der Waals surface area (Å²) in [5, 5.41) is 0.196. The molecule has 0 aromatic heterocycles. The van der Waals surface area contributed by atoms with Gasteiger partial charge in [-0.3, -0.25) is 4.79 Å². The first kappa shape index (κ1) is 26.0. The molecule has 170 valence electrons. The van der Waals surface area contributed by atoms with Gasteiger partial charge in [0, 0.05) is 12.5 Å². The van der Waals surface area contributed by atoms with Crippen LogP contribution in [0.4, 0.5) is 0 Å². The maximum atomic E-state index is 12.8. The first-order valence-electron chi connectivity index (χ1n) is 11.2. The predicted molar refractivity (Wildman–Crippen MR) is 135 cm³/mol. The SMILES string of the molecule is CC[C@H](CC1(CC(=O)COCc2ccccc2)SCCCS1)O[Si](C)(C)C(C)(C)C. The minimum Gasteiger partial charge on any atom is -0.414 e. The second kappa shape index (κ2) is 11.6. The Bertz CT molecular complexity index is 652. The Balaban J connectivity index is 1.97. The topological polar surface area (TPSA) is 35.5 Å². The number of carbonyl (C=O) groups is 1. The second-order valence-electron chi connectivity index (χ2n) is 9.77. The number of thioether (sulfide) groups is 2. The summed E-state index contributed by atoms with van der Waals surface area (Å²) in [5.74, 6) is 2.46. The molecule has 0 bridgehead atoms. The van der Waals surface area contributed by atoms with Gasteiger partial charge in [-0.1, -0.05) is 58.0 Å². The molecule has 0 radical (unpaired) electrons. The molecule has 0 unspecified atom stereocenters. The fourth-order valence-electron chi connectivity index (χ4n) is 3.33. The van der Waals surface area contributed by atoms with E-state index >= 15 is 0 Å². The lowest BCUT2D eigenvalue weighted by Crippen LogP contribution is -2.45. The molecular formula is C24H40O3S2Si. The molecule has 0 aliphatic carbocycles. The number of hydrogen-bond donors (Lipinski definition) is 0. The molecule has 0 N–H and O–H groups in total. The summed E-state index contributed by atoms with van der Waals surface area (Å²) in [5.41, 5.74) is 1.11. The molecule has 6 heteroatoms. The van der Waals surface area contributed by atoms with Crippen LogP contribution in [0.1, 0.15) is 58.9 Å². The monoisotopic (exact) mass is 468 g/mol. The van der Waals surface area contributed by atoms with Gasteiger partial charge in [-0.2, -0.15) is 0 Å². The van der Waals surface area contributed by atoms with Crippen LogP contribution in [0.15, 0.2) is 30.3 Å². The average molecular weight is 469 g/mol. The zero-order valence-electron chi connectivity index (χ0n) is 19.7. The van der Waals surface area contributed by atoms with E-state index < -0.39 is 8.32 Å². The number of rotatable bonds is 11. The van der Waals surface area contributed by atoms with Crippen LogP contribution in [0.25, 0.3) is 0 Å². The number of Topliss-reactive ketones (excluding diaryl/α,β-unsaturated/α-hetero) is 1. The van der Waals surface area contributed by atoms with Crippen LogP contribution in [0.2, 0.25) is 18.1 Å². The number of ketones is 1. The molecule has 1 saturated heterocycles. The molecule has 0 saturated carbocycles. The van der Waals surface area contributed by atoms with E-state index in [1.807, 2.05) is 53.9 Å². The third-order valence-corrected chi connectivity index (χ3v) is 14.0. The van der Waals surface area contributed by atoms with Crippen LogP contribution >= 0.6 is 23.5 Å². The molecule has 1 aliphatic rings. The van der Waals surface area contributed by atoms with E-state index in [0.29, 0.717) is 13.0 Å². The van der Waals surface area contributed by atoms with Crippen molar-refractivity contribution in [2.24, 2.45) is 0 Å². The molecule has 0 amide bonds. The minimum absolute atomic E-state index is 0.0749. The van der Waals surface area contributed by atoms with E-state index in [-0.39, 0.29) is 27.6 Å². The van der Waals surface area contributed by atoms with E-state index in [0.717, 1.165) is 29.9 Å². The summed E-state index contributed by atoms with van der Waals surface area (Å²) in [6, 6.07) is 10.0. The summed E-state index contributed by atoms with van der Waals surface area (Å²) < 4.78 is 12.4. The van der Waals surface area contributed by atoms with Crippen molar-refractivity contribution in [2.45, 2.75) is 88.3 Å². The van der Waals surface area contributed by atoms with Crippen LogP contribution in [0.3, 0.4) is 0 Å². The summed E-state index contributed by atoms with van der Waals surface area (Å²) >= 11 is 3.94. The molecule has 1 fully saturated rings. The Hall–Kier alpha value is -0.273. The van der Waals surface area contributed by atoms with Gasteiger partial charge in [0.15, 0.2) is 14.1 Å². The van der Waals surface area contributed by atoms with Crippen LogP contribution in [0.5, 0.6) is 0 Å². The molecule has 30 heavy (non-hydrogen) atoms. The highest BCUT2D eigenvalue weighted by atomic mass is 32.2. The first-order valence-corrected chi connectivity index (χ1v) is 16.0. The van der Waals surface area contributed by atoms with Crippen LogP contribution in [0, 0.1) is 0 Å². The van der Waals surface area contributed by atoms with Gasteiger partial charge in [0.25, 0.3) is 0 Å². The van der Waals surface area contributed by atoms with Crippen molar-refractivity contribution in [2.75, 3.05) is 18.1 Å². The van der Waals surface area contributed by atoms with Crippen molar-refractivity contribution < 1.29 is 14.0 Å². The van der Waals surface area contributed by atoms with E-state index in [1.165, 1.54) is 6.42 Å². The van der Waals surface area contributed by atoms with E-state index in [9.17, 15) is 4.79 Å². The van der Waals surface area contributed by atoms with Gasteiger partial charge >= 0.3 is 0 Å². The normalized spacial score (nSPS) is 18.2. The second-order valence-corrected chi connectivity index (χ2v) is 17.7. The summed E-state index contributed by atoms with van der Waals surface area (Å²) in [6.45, 7) is 14.4.